The number of thiophene rings is 1. The van der Waals surface area contributed by atoms with Gasteiger partial charge in [-0.2, -0.15) is 0 Å². The fraction of sp³-hybridized carbons (Fsp3) is 0.600. The summed E-state index contributed by atoms with van der Waals surface area (Å²) >= 11 is 7.51. The van der Waals surface area contributed by atoms with Crippen molar-refractivity contribution in [3.8, 4) is 0 Å². The van der Waals surface area contributed by atoms with Crippen LogP contribution in [0.2, 0.25) is 4.34 Å². The molecule has 0 spiro atoms. The third kappa shape index (κ3) is 2.48. The lowest BCUT2D eigenvalue weighted by Gasteiger charge is -2.14. The fourth-order valence-electron chi connectivity index (χ4n) is 1.90. The van der Waals surface area contributed by atoms with Crippen LogP contribution in [0.25, 0.3) is 0 Å². The number of likely N-dealkylation sites (tertiary alicyclic amines) is 1. The van der Waals surface area contributed by atoms with E-state index in [1.165, 1.54) is 18.5 Å². The summed E-state index contributed by atoms with van der Waals surface area (Å²) in [5.41, 5.74) is 1.34. The molecular formula is C10H15ClN2S. The third-order valence-corrected chi connectivity index (χ3v) is 3.85. The molecule has 1 atom stereocenters. The van der Waals surface area contributed by atoms with Gasteiger partial charge in [0, 0.05) is 25.7 Å². The molecule has 0 saturated carbocycles. The Labute approximate surface area is 93.9 Å². The van der Waals surface area contributed by atoms with E-state index in [4.69, 9.17) is 11.6 Å². The van der Waals surface area contributed by atoms with E-state index in [0.717, 1.165) is 17.4 Å². The molecular weight excluding hydrogens is 216 g/mol. The van der Waals surface area contributed by atoms with Crippen LogP contribution in [0.5, 0.6) is 0 Å². The fourth-order valence-corrected chi connectivity index (χ4v) is 2.80. The average Bonchev–Trinajstić information content (AvgIpc) is 2.76. The first-order valence-corrected chi connectivity index (χ1v) is 6.16. The number of nitrogens with one attached hydrogen (secondary N) is 1. The maximum absolute atomic E-state index is 5.89. The van der Waals surface area contributed by atoms with E-state index in [1.807, 2.05) is 7.05 Å². The second kappa shape index (κ2) is 4.62. The Bertz CT molecular complexity index is 300. The van der Waals surface area contributed by atoms with Gasteiger partial charge in [0.2, 0.25) is 0 Å². The smallest absolute Gasteiger partial charge is 0.0931 e. The summed E-state index contributed by atoms with van der Waals surface area (Å²) in [6.07, 6.45) is 1.26. The summed E-state index contributed by atoms with van der Waals surface area (Å²) in [6.45, 7) is 3.39. The van der Waals surface area contributed by atoms with Crippen molar-refractivity contribution < 1.29 is 0 Å². The topological polar surface area (TPSA) is 15.3 Å². The Morgan fingerprint density at radius 1 is 1.71 bits per heavy atom. The highest BCUT2D eigenvalue weighted by atomic mass is 35.5. The summed E-state index contributed by atoms with van der Waals surface area (Å²) in [6, 6.07) is 2.74. The average molecular weight is 231 g/mol. The quantitative estimate of drug-likeness (QED) is 0.857. The monoisotopic (exact) mass is 230 g/mol. The molecule has 1 aromatic rings. The number of rotatable bonds is 3. The molecule has 1 fully saturated rings. The lowest BCUT2D eigenvalue weighted by Crippen LogP contribution is -2.29. The van der Waals surface area contributed by atoms with Gasteiger partial charge in [0.1, 0.15) is 0 Å². The minimum Gasteiger partial charge on any atom is -0.316 e. The molecule has 2 nitrogen and oxygen atoms in total. The van der Waals surface area contributed by atoms with E-state index >= 15 is 0 Å². The number of nitrogens with zero attached hydrogens (tertiary/aromatic N) is 1. The molecule has 2 rings (SSSR count). The van der Waals surface area contributed by atoms with Gasteiger partial charge in [-0.05, 0) is 30.5 Å². The van der Waals surface area contributed by atoms with Crippen LogP contribution in [0.4, 0.5) is 0 Å². The first kappa shape index (κ1) is 10.4. The van der Waals surface area contributed by atoms with Gasteiger partial charge in [0.25, 0.3) is 0 Å². The zero-order valence-electron chi connectivity index (χ0n) is 8.29. The van der Waals surface area contributed by atoms with Crippen LogP contribution in [0, 0.1) is 0 Å². The van der Waals surface area contributed by atoms with Crippen LogP contribution in [0.1, 0.15) is 12.0 Å². The molecule has 1 saturated heterocycles. The second-order valence-electron chi connectivity index (χ2n) is 3.77. The highest BCUT2D eigenvalue weighted by molar-refractivity contribution is 7.14. The standard InChI is InChI=1S/C10H15ClN2S/c1-12-9-2-3-13(6-9)5-8-4-10(11)14-7-8/h4,7,9,12H,2-3,5-6H2,1H3. The van der Waals surface area contributed by atoms with E-state index in [-0.39, 0.29) is 0 Å². The Hall–Kier alpha value is -0.0900. The number of hydrogen-bond donors (Lipinski definition) is 1. The van der Waals surface area contributed by atoms with Crippen LogP contribution in [-0.2, 0) is 6.54 Å². The van der Waals surface area contributed by atoms with Crippen LogP contribution in [0.3, 0.4) is 0 Å². The Kier molecular flexibility index (Phi) is 3.44. The molecule has 1 N–H and O–H groups in total. The molecule has 0 radical (unpaired) electrons. The van der Waals surface area contributed by atoms with Crippen molar-refractivity contribution in [1.82, 2.24) is 10.2 Å². The minimum absolute atomic E-state index is 0.670. The molecule has 4 heteroatoms. The van der Waals surface area contributed by atoms with Gasteiger partial charge in [-0.3, -0.25) is 4.90 Å². The van der Waals surface area contributed by atoms with Crippen molar-refractivity contribution in [3.63, 3.8) is 0 Å². The number of likely N-dealkylation sites (N-methyl/N-ethyl adjacent to an activating group) is 1. The predicted molar refractivity (Wildman–Crippen MR) is 62.1 cm³/mol. The van der Waals surface area contributed by atoms with E-state index in [0.29, 0.717) is 6.04 Å². The van der Waals surface area contributed by atoms with Crippen molar-refractivity contribution in [2.24, 2.45) is 0 Å². The Morgan fingerprint density at radius 2 is 2.57 bits per heavy atom. The van der Waals surface area contributed by atoms with Crippen LogP contribution >= 0.6 is 22.9 Å². The maximum atomic E-state index is 5.89. The zero-order chi connectivity index (χ0) is 9.97. The van der Waals surface area contributed by atoms with Gasteiger partial charge < -0.3 is 5.32 Å². The van der Waals surface area contributed by atoms with E-state index in [9.17, 15) is 0 Å². The van der Waals surface area contributed by atoms with Crippen molar-refractivity contribution in [3.05, 3.63) is 21.3 Å². The van der Waals surface area contributed by atoms with E-state index in [1.54, 1.807) is 11.3 Å². The van der Waals surface area contributed by atoms with Gasteiger partial charge in [-0.1, -0.05) is 11.6 Å². The summed E-state index contributed by atoms with van der Waals surface area (Å²) in [4.78, 5) is 2.47. The molecule has 0 bridgehead atoms. The summed E-state index contributed by atoms with van der Waals surface area (Å²) in [5.74, 6) is 0. The molecule has 1 aliphatic rings. The van der Waals surface area contributed by atoms with E-state index < -0.39 is 0 Å². The van der Waals surface area contributed by atoms with Crippen molar-refractivity contribution >= 4 is 22.9 Å². The normalized spacial score (nSPS) is 23.1. The number of halogens is 1. The molecule has 0 aromatic carbocycles. The first-order valence-electron chi connectivity index (χ1n) is 4.90. The van der Waals surface area contributed by atoms with Crippen molar-refractivity contribution in [2.75, 3.05) is 20.1 Å². The highest BCUT2D eigenvalue weighted by Crippen LogP contribution is 2.22. The largest absolute Gasteiger partial charge is 0.316 e. The predicted octanol–water partition coefficient (Wildman–Crippen LogP) is 2.20. The molecule has 14 heavy (non-hydrogen) atoms. The van der Waals surface area contributed by atoms with Gasteiger partial charge in [-0.25, -0.2) is 0 Å². The molecule has 2 heterocycles. The lowest BCUT2D eigenvalue weighted by atomic mass is 10.3. The van der Waals surface area contributed by atoms with Gasteiger partial charge in [0.15, 0.2) is 0 Å². The summed E-state index contributed by atoms with van der Waals surface area (Å²) in [5, 5.41) is 5.47. The van der Waals surface area contributed by atoms with Crippen LogP contribution in [-0.4, -0.2) is 31.1 Å². The zero-order valence-corrected chi connectivity index (χ0v) is 9.87. The molecule has 1 aromatic heterocycles. The maximum Gasteiger partial charge on any atom is 0.0931 e. The number of hydrogen-bond acceptors (Lipinski definition) is 3. The first-order chi connectivity index (χ1) is 6.78. The summed E-state index contributed by atoms with van der Waals surface area (Å²) < 4.78 is 0.893. The molecule has 0 aliphatic carbocycles. The SMILES string of the molecule is CNC1CCN(Cc2csc(Cl)c2)C1. The minimum atomic E-state index is 0.670. The van der Waals surface area contributed by atoms with Crippen molar-refractivity contribution in [2.45, 2.75) is 19.0 Å². The molecule has 1 aliphatic heterocycles. The highest BCUT2D eigenvalue weighted by Gasteiger charge is 2.20. The Balaban J connectivity index is 1.87. The van der Waals surface area contributed by atoms with Gasteiger partial charge in [0.05, 0.1) is 4.34 Å². The van der Waals surface area contributed by atoms with Crippen LogP contribution in [0.15, 0.2) is 11.4 Å². The molecule has 78 valence electrons. The van der Waals surface area contributed by atoms with Crippen LogP contribution < -0.4 is 5.32 Å². The lowest BCUT2D eigenvalue weighted by molar-refractivity contribution is 0.323. The third-order valence-electron chi connectivity index (χ3n) is 2.71. The summed E-state index contributed by atoms with van der Waals surface area (Å²) in [7, 11) is 2.04. The Morgan fingerprint density at radius 3 is 3.14 bits per heavy atom. The second-order valence-corrected chi connectivity index (χ2v) is 5.31. The van der Waals surface area contributed by atoms with E-state index in [2.05, 4.69) is 21.7 Å². The van der Waals surface area contributed by atoms with Crippen molar-refractivity contribution in [1.29, 1.82) is 0 Å². The van der Waals surface area contributed by atoms with Gasteiger partial charge >= 0.3 is 0 Å². The van der Waals surface area contributed by atoms with Gasteiger partial charge in [-0.15, -0.1) is 11.3 Å². The molecule has 1 unspecified atom stereocenters. The molecule has 0 amide bonds.